The normalized spacial score (nSPS) is 16.7. The number of benzene rings is 1. The van der Waals surface area contributed by atoms with Crippen molar-refractivity contribution < 1.29 is 4.74 Å². The molecule has 0 bridgehead atoms. The van der Waals surface area contributed by atoms with Gasteiger partial charge in [-0.2, -0.15) is 0 Å². The molecule has 2 N–H and O–H groups in total. The first-order valence-corrected chi connectivity index (χ1v) is 6.02. The van der Waals surface area contributed by atoms with Crippen molar-refractivity contribution in [2.75, 3.05) is 30.8 Å². The minimum atomic E-state index is 0.358. The van der Waals surface area contributed by atoms with Crippen molar-refractivity contribution in [2.24, 2.45) is 0 Å². The van der Waals surface area contributed by atoms with E-state index < -0.39 is 0 Å². The molecule has 3 rings (SSSR count). The zero-order valence-corrected chi connectivity index (χ0v) is 9.83. The molecule has 5 heteroatoms. The van der Waals surface area contributed by atoms with Gasteiger partial charge in [0.25, 0.3) is 0 Å². The molecule has 0 spiro atoms. The molecular formula is C11H13N3OS. The molecule has 1 aliphatic rings. The van der Waals surface area contributed by atoms with Gasteiger partial charge in [-0.3, -0.25) is 0 Å². The molecule has 1 fully saturated rings. The predicted octanol–water partition coefficient (Wildman–Crippen LogP) is 1.71. The largest absolute Gasteiger partial charge is 0.399 e. The van der Waals surface area contributed by atoms with Crippen LogP contribution in [0, 0.1) is 0 Å². The number of nitrogens with zero attached hydrogens (tertiary/aromatic N) is 2. The third kappa shape index (κ3) is 1.52. The Labute approximate surface area is 97.6 Å². The minimum Gasteiger partial charge on any atom is -0.399 e. The Morgan fingerprint density at radius 3 is 3.06 bits per heavy atom. The van der Waals surface area contributed by atoms with Gasteiger partial charge in [0.15, 0.2) is 5.13 Å². The summed E-state index contributed by atoms with van der Waals surface area (Å²) in [5, 5.41) is 1.06. The molecule has 0 radical (unpaired) electrons. The summed E-state index contributed by atoms with van der Waals surface area (Å²) in [5.41, 5.74) is 7.56. The summed E-state index contributed by atoms with van der Waals surface area (Å²) >= 11 is 1.69. The number of hydrogen-bond donors (Lipinski definition) is 1. The van der Waals surface area contributed by atoms with Crippen LogP contribution in [0.25, 0.3) is 10.2 Å². The van der Waals surface area contributed by atoms with E-state index in [4.69, 9.17) is 10.5 Å². The second-order valence-corrected chi connectivity index (χ2v) is 5.00. The molecule has 2 heterocycles. The molecule has 16 heavy (non-hydrogen) atoms. The van der Waals surface area contributed by atoms with Crippen LogP contribution in [0.2, 0.25) is 0 Å². The smallest absolute Gasteiger partial charge is 0.186 e. The number of nitrogens with two attached hydrogens (primary N) is 1. The van der Waals surface area contributed by atoms with E-state index >= 15 is 0 Å². The highest BCUT2D eigenvalue weighted by molar-refractivity contribution is 7.22. The summed E-state index contributed by atoms with van der Waals surface area (Å²) in [6.45, 7) is 1.87. The fourth-order valence-corrected chi connectivity index (χ4v) is 2.84. The summed E-state index contributed by atoms with van der Waals surface area (Å²) in [4.78, 5) is 6.81. The van der Waals surface area contributed by atoms with Crippen molar-refractivity contribution in [3.63, 3.8) is 0 Å². The first-order valence-electron chi connectivity index (χ1n) is 5.20. The van der Waals surface area contributed by atoms with Crippen molar-refractivity contribution >= 4 is 32.4 Å². The standard InChI is InChI=1S/C11H13N3OS/c1-15-8-5-14(6-8)11-13-9-3-2-7(12)4-10(9)16-11/h2-4,8H,5-6,12H2,1H3. The van der Waals surface area contributed by atoms with Crippen LogP contribution in [0.15, 0.2) is 18.2 Å². The molecule has 1 saturated heterocycles. The Bertz CT molecular complexity index is 519. The fourth-order valence-electron chi connectivity index (χ4n) is 1.81. The quantitative estimate of drug-likeness (QED) is 0.805. The number of nitrogen functional groups attached to an aromatic ring is 1. The first-order chi connectivity index (χ1) is 7.76. The van der Waals surface area contributed by atoms with Crippen LogP contribution in [0.5, 0.6) is 0 Å². The third-order valence-corrected chi connectivity index (χ3v) is 3.93. The van der Waals surface area contributed by atoms with Crippen LogP contribution in [0.3, 0.4) is 0 Å². The SMILES string of the molecule is COC1CN(c2nc3ccc(N)cc3s2)C1. The number of thiazole rings is 1. The van der Waals surface area contributed by atoms with E-state index in [2.05, 4.69) is 9.88 Å². The van der Waals surface area contributed by atoms with Gasteiger partial charge in [0, 0.05) is 25.9 Å². The topological polar surface area (TPSA) is 51.4 Å². The molecule has 0 saturated carbocycles. The van der Waals surface area contributed by atoms with Crippen LogP contribution in [0.1, 0.15) is 0 Å². The summed E-state index contributed by atoms with van der Waals surface area (Å²) in [6, 6.07) is 5.84. The van der Waals surface area contributed by atoms with Gasteiger partial charge in [-0.25, -0.2) is 4.98 Å². The van der Waals surface area contributed by atoms with Gasteiger partial charge in [0.2, 0.25) is 0 Å². The molecular weight excluding hydrogens is 222 g/mol. The number of aromatic nitrogens is 1. The van der Waals surface area contributed by atoms with Crippen molar-refractivity contribution in [3.05, 3.63) is 18.2 Å². The van der Waals surface area contributed by atoms with Crippen LogP contribution < -0.4 is 10.6 Å². The monoisotopic (exact) mass is 235 g/mol. The summed E-state index contributed by atoms with van der Waals surface area (Å²) in [7, 11) is 1.75. The highest BCUT2D eigenvalue weighted by atomic mass is 32.1. The van der Waals surface area contributed by atoms with Gasteiger partial charge in [-0.1, -0.05) is 11.3 Å². The van der Waals surface area contributed by atoms with Crippen molar-refractivity contribution in [1.29, 1.82) is 0 Å². The number of methoxy groups -OCH3 is 1. The van der Waals surface area contributed by atoms with E-state index in [1.54, 1.807) is 18.4 Å². The number of anilines is 2. The summed E-state index contributed by atoms with van der Waals surface area (Å²) in [6.07, 6.45) is 0.358. The highest BCUT2D eigenvalue weighted by Crippen LogP contribution is 2.32. The lowest BCUT2D eigenvalue weighted by molar-refractivity contribution is 0.0787. The van der Waals surface area contributed by atoms with Gasteiger partial charge in [0.05, 0.1) is 16.3 Å². The van der Waals surface area contributed by atoms with Crippen LogP contribution in [-0.4, -0.2) is 31.3 Å². The third-order valence-electron chi connectivity index (χ3n) is 2.85. The van der Waals surface area contributed by atoms with Crippen molar-refractivity contribution in [2.45, 2.75) is 6.10 Å². The van der Waals surface area contributed by atoms with Gasteiger partial charge in [-0.15, -0.1) is 0 Å². The summed E-state index contributed by atoms with van der Waals surface area (Å²) in [5.74, 6) is 0. The minimum absolute atomic E-state index is 0.358. The van der Waals surface area contributed by atoms with E-state index in [0.717, 1.165) is 34.1 Å². The fraction of sp³-hybridized carbons (Fsp3) is 0.364. The molecule has 0 aliphatic carbocycles. The first kappa shape index (κ1) is 9.86. The van der Waals surface area contributed by atoms with Crippen molar-refractivity contribution in [1.82, 2.24) is 4.98 Å². The second-order valence-electron chi connectivity index (χ2n) is 3.99. The number of rotatable bonds is 2. The number of fused-ring (bicyclic) bond motifs is 1. The second kappa shape index (κ2) is 3.61. The Balaban J connectivity index is 1.89. The maximum atomic E-state index is 5.74. The van der Waals surface area contributed by atoms with Gasteiger partial charge in [0.1, 0.15) is 0 Å². The zero-order chi connectivity index (χ0) is 11.1. The van der Waals surface area contributed by atoms with E-state index in [0.29, 0.717) is 6.10 Å². The molecule has 2 aromatic rings. The van der Waals surface area contributed by atoms with Gasteiger partial charge >= 0.3 is 0 Å². The maximum absolute atomic E-state index is 5.74. The zero-order valence-electron chi connectivity index (χ0n) is 9.01. The van der Waals surface area contributed by atoms with Crippen LogP contribution >= 0.6 is 11.3 Å². The maximum Gasteiger partial charge on any atom is 0.186 e. The summed E-state index contributed by atoms with van der Waals surface area (Å²) < 4.78 is 6.40. The Kier molecular flexibility index (Phi) is 2.22. The Morgan fingerprint density at radius 1 is 1.50 bits per heavy atom. The Hall–Kier alpha value is -1.33. The van der Waals surface area contributed by atoms with E-state index in [1.807, 2.05) is 18.2 Å². The van der Waals surface area contributed by atoms with Gasteiger partial charge < -0.3 is 15.4 Å². The molecule has 0 amide bonds. The van der Waals surface area contributed by atoms with Crippen LogP contribution in [-0.2, 0) is 4.74 Å². The average Bonchev–Trinajstić information content (AvgIpc) is 2.58. The molecule has 1 aromatic heterocycles. The number of ether oxygens (including phenoxy) is 1. The molecule has 1 aromatic carbocycles. The van der Waals surface area contributed by atoms with Gasteiger partial charge in [-0.05, 0) is 18.2 Å². The lowest BCUT2D eigenvalue weighted by Crippen LogP contribution is -2.51. The van der Waals surface area contributed by atoms with Crippen LogP contribution in [0.4, 0.5) is 10.8 Å². The lowest BCUT2D eigenvalue weighted by Gasteiger charge is -2.37. The van der Waals surface area contributed by atoms with Crippen molar-refractivity contribution in [3.8, 4) is 0 Å². The molecule has 4 nitrogen and oxygen atoms in total. The molecule has 1 aliphatic heterocycles. The molecule has 0 unspecified atom stereocenters. The molecule has 0 atom stereocenters. The average molecular weight is 235 g/mol. The van der Waals surface area contributed by atoms with E-state index in [9.17, 15) is 0 Å². The number of hydrogen-bond acceptors (Lipinski definition) is 5. The predicted molar refractivity (Wildman–Crippen MR) is 67.0 cm³/mol. The Morgan fingerprint density at radius 2 is 2.31 bits per heavy atom. The van der Waals surface area contributed by atoms with E-state index in [1.165, 1.54) is 0 Å². The molecule has 84 valence electrons. The highest BCUT2D eigenvalue weighted by Gasteiger charge is 2.28. The lowest BCUT2D eigenvalue weighted by atomic mass is 10.2. The van der Waals surface area contributed by atoms with E-state index in [-0.39, 0.29) is 0 Å².